The Hall–Kier alpha value is -3.06. The molecule has 2 aromatic rings. The number of methoxy groups -OCH3 is 3. The summed E-state index contributed by atoms with van der Waals surface area (Å²) in [4.78, 5) is 27.0. The van der Waals surface area contributed by atoms with Crippen molar-refractivity contribution in [3.05, 3.63) is 52.6 Å². The van der Waals surface area contributed by atoms with Crippen LogP contribution in [0.4, 0.5) is 5.69 Å². The number of esters is 1. The third-order valence-corrected chi connectivity index (χ3v) is 5.70. The third-order valence-electron chi connectivity index (χ3n) is 5.70. The standard InChI is InChI=1S/C24H30N2O5/c1-15-6-7-19(16(2)10-15)25-23(27)14-26-9-8-17-11-21(29-3)22(30-4)12-18(17)20(26)13-24(28)31-5/h6-7,10-12,20H,8-9,13-14H2,1-5H3,(H,25,27)/t20-/m0/s1. The average Bonchev–Trinajstić information content (AvgIpc) is 2.76. The predicted molar refractivity (Wildman–Crippen MR) is 119 cm³/mol. The van der Waals surface area contributed by atoms with Crippen LogP contribution in [0.1, 0.15) is 34.7 Å². The smallest absolute Gasteiger partial charge is 0.307 e. The first-order valence-corrected chi connectivity index (χ1v) is 10.3. The number of aryl methyl sites for hydroxylation is 2. The van der Waals surface area contributed by atoms with Crippen molar-refractivity contribution in [2.45, 2.75) is 32.7 Å². The van der Waals surface area contributed by atoms with E-state index >= 15 is 0 Å². The minimum atomic E-state index is -0.326. The fraction of sp³-hybridized carbons (Fsp3) is 0.417. The Bertz CT molecular complexity index is 973. The SMILES string of the molecule is COC(=O)C[C@H]1c2cc(OC)c(OC)cc2CCN1CC(=O)Nc1ccc(C)cc1C. The lowest BCUT2D eigenvalue weighted by molar-refractivity contribution is -0.142. The van der Waals surface area contributed by atoms with Gasteiger partial charge in [0.1, 0.15) is 0 Å². The van der Waals surface area contributed by atoms with Crippen molar-refractivity contribution in [2.75, 3.05) is 39.7 Å². The average molecular weight is 427 g/mol. The molecule has 31 heavy (non-hydrogen) atoms. The third kappa shape index (κ3) is 5.17. The van der Waals surface area contributed by atoms with E-state index in [-0.39, 0.29) is 30.9 Å². The van der Waals surface area contributed by atoms with E-state index in [2.05, 4.69) is 5.32 Å². The number of hydrogen-bond donors (Lipinski definition) is 1. The van der Waals surface area contributed by atoms with Crippen molar-refractivity contribution < 1.29 is 23.8 Å². The van der Waals surface area contributed by atoms with E-state index in [9.17, 15) is 9.59 Å². The van der Waals surface area contributed by atoms with Crippen molar-refractivity contribution in [1.29, 1.82) is 0 Å². The molecule has 0 bridgehead atoms. The Labute approximate surface area is 183 Å². The van der Waals surface area contributed by atoms with Crippen LogP contribution in [0, 0.1) is 13.8 Å². The van der Waals surface area contributed by atoms with Gasteiger partial charge in [0.15, 0.2) is 11.5 Å². The molecule has 0 spiro atoms. The molecule has 0 saturated heterocycles. The van der Waals surface area contributed by atoms with Crippen LogP contribution in [0.25, 0.3) is 0 Å². The first-order chi connectivity index (χ1) is 14.9. The lowest BCUT2D eigenvalue weighted by atomic mass is 9.90. The van der Waals surface area contributed by atoms with Gasteiger partial charge in [0.05, 0.1) is 34.3 Å². The molecule has 7 nitrogen and oxygen atoms in total. The number of ether oxygens (including phenoxy) is 3. The molecule has 1 aliphatic rings. The Balaban J connectivity index is 1.85. The molecule has 0 aliphatic carbocycles. The van der Waals surface area contributed by atoms with Crippen molar-refractivity contribution >= 4 is 17.6 Å². The van der Waals surface area contributed by atoms with Crippen molar-refractivity contribution in [2.24, 2.45) is 0 Å². The van der Waals surface area contributed by atoms with E-state index in [0.717, 1.165) is 34.4 Å². The summed E-state index contributed by atoms with van der Waals surface area (Å²) in [6, 6.07) is 9.48. The summed E-state index contributed by atoms with van der Waals surface area (Å²) in [5, 5.41) is 3.00. The van der Waals surface area contributed by atoms with E-state index in [1.807, 2.05) is 49.1 Å². The second-order valence-corrected chi connectivity index (χ2v) is 7.79. The number of amides is 1. The van der Waals surface area contributed by atoms with E-state index < -0.39 is 0 Å². The van der Waals surface area contributed by atoms with Crippen LogP contribution < -0.4 is 14.8 Å². The zero-order valence-corrected chi connectivity index (χ0v) is 18.8. The summed E-state index contributed by atoms with van der Waals surface area (Å²) < 4.78 is 15.8. The number of carbonyl (C=O) groups is 2. The maximum absolute atomic E-state index is 12.8. The number of carbonyl (C=O) groups excluding carboxylic acids is 2. The van der Waals surface area contributed by atoms with Gasteiger partial charge in [-0.1, -0.05) is 17.7 Å². The second-order valence-electron chi connectivity index (χ2n) is 7.79. The largest absolute Gasteiger partial charge is 0.493 e. The fourth-order valence-electron chi connectivity index (χ4n) is 4.08. The molecule has 0 unspecified atom stereocenters. The van der Waals surface area contributed by atoms with Crippen molar-refractivity contribution in [1.82, 2.24) is 4.90 Å². The molecule has 166 valence electrons. The van der Waals surface area contributed by atoms with Crippen LogP contribution in [0.3, 0.4) is 0 Å². The number of hydrogen-bond acceptors (Lipinski definition) is 6. The highest BCUT2D eigenvalue weighted by molar-refractivity contribution is 5.93. The van der Waals surface area contributed by atoms with Crippen molar-refractivity contribution in [3.63, 3.8) is 0 Å². The zero-order valence-electron chi connectivity index (χ0n) is 18.8. The molecule has 1 heterocycles. The highest BCUT2D eigenvalue weighted by atomic mass is 16.5. The molecular formula is C24H30N2O5. The van der Waals surface area contributed by atoms with Gasteiger partial charge in [-0.05, 0) is 55.2 Å². The highest BCUT2D eigenvalue weighted by Gasteiger charge is 2.32. The molecule has 3 rings (SSSR count). The molecule has 7 heteroatoms. The Morgan fingerprint density at radius 3 is 2.42 bits per heavy atom. The van der Waals surface area contributed by atoms with Gasteiger partial charge in [-0.15, -0.1) is 0 Å². The fourth-order valence-corrected chi connectivity index (χ4v) is 4.08. The summed E-state index contributed by atoms with van der Waals surface area (Å²) in [5.74, 6) is 0.801. The predicted octanol–water partition coefficient (Wildman–Crippen LogP) is 3.42. The molecule has 0 radical (unpaired) electrons. The van der Waals surface area contributed by atoms with E-state index in [1.54, 1.807) is 14.2 Å². The van der Waals surface area contributed by atoms with E-state index in [0.29, 0.717) is 18.0 Å². The number of fused-ring (bicyclic) bond motifs is 1. The topological polar surface area (TPSA) is 77.1 Å². The van der Waals surface area contributed by atoms with Crippen LogP contribution in [0.2, 0.25) is 0 Å². The molecule has 1 N–H and O–H groups in total. The van der Waals surface area contributed by atoms with Gasteiger partial charge in [-0.25, -0.2) is 0 Å². The number of rotatable bonds is 7. The molecule has 1 aliphatic heterocycles. The summed E-state index contributed by atoms with van der Waals surface area (Å²) in [5.41, 5.74) is 4.99. The maximum Gasteiger partial charge on any atom is 0.307 e. The van der Waals surface area contributed by atoms with Gasteiger partial charge < -0.3 is 19.5 Å². The van der Waals surface area contributed by atoms with Crippen LogP contribution in [0.15, 0.2) is 30.3 Å². The molecule has 0 saturated carbocycles. The van der Waals surface area contributed by atoms with Gasteiger partial charge in [-0.2, -0.15) is 0 Å². The second kappa shape index (κ2) is 9.83. The summed E-state index contributed by atoms with van der Waals surface area (Å²) >= 11 is 0. The van der Waals surface area contributed by atoms with Gasteiger partial charge >= 0.3 is 5.97 Å². The normalized spacial score (nSPS) is 15.7. The lowest BCUT2D eigenvalue weighted by Crippen LogP contribution is -2.41. The highest BCUT2D eigenvalue weighted by Crippen LogP contribution is 2.39. The number of nitrogens with one attached hydrogen (secondary N) is 1. The zero-order chi connectivity index (χ0) is 22.5. The Kier molecular flexibility index (Phi) is 7.17. The molecular weight excluding hydrogens is 396 g/mol. The maximum atomic E-state index is 12.8. The van der Waals surface area contributed by atoms with E-state index in [1.165, 1.54) is 7.11 Å². The monoisotopic (exact) mass is 426 g/mol. The summed E-state index contributed by atoms with van der Waals surface area (Å²) in [6.45, 7) is 4.80. The summed E-state index contributed by atoms with van der Waals surface area (Å²) in [7, 11) is 4.55. The molecule has 2 aromatic carbocycles. The van der Waals surface area contributed by atoms with E-state index in [4.69, 9.17) is 14.2 Å². The Morgan fingerprint density at radius 1 is 1.06 bits per heavy atom. The number of benzene rings is 2. The number of anilines is 1. The molecule has 1 amide bonds. The van der Waals surface area contributed by atoms with Gasteiger partial charge in [-0.3, -0.25) is 14.5 Å². The first kappa shape index (κ1) is 22.6. The molecule has 0 fully saturated rings. The first-order valence-electron chi connectivity index (χ1n) is 10.3. The summed E-state index contributed by atoms with van der Waals surface area (Å²) in [6.07, 6.45) is 0.889. The van der Waals surface area contributed by atoms with Gasteiger partial charge in [0, 0.05) is 18.3 Å². The van der Waals surface area contributed by atoms with Crippen LogP contribution in [0.5, 0.6) is 11.5 Å². The molecule has 1 atom stereocenters. The lowest BCUT2D eigenvalue weighted by Gasteiger charge is -2.36. The minimum Gasteiger partial charge on any atom is -0.493 e. The van der Waals surface area contributed by atoms with Crippen LogP contribution in [-0.4, -0.2) is 51.2 Å². The number of nitrogens with zero attached hydrogens (tertiary/aromatic N) is 1. The van der Waals surface area contributed by atoms with Crippen LogP contribution in [-0.2, 0) is 20.7 Å². The Morgan fingerprint density at radius 2 is 1.77 bits per heavy atom. The van der Waals surface area contributed by atoms with Crippen LogP contribution >= 0.6 is 0 Å². The quantitative estimate of drug-likeness (QED) is 0.684. The van der Waals surface area contributed by atoms with Gasteiger partial charge in [0.2, 0.25) is 5.91 Å². The van der Waals surface area contributed by atoms with Gasteiger partial charge in [0.25, 0.3) is 0 Å². The minimum absolute atomic E-state index is 0.120. The molecule has 0 aromatic heterocycles. The van der Waals surface area contributed by atoms with Crippen molar-refractivity contribution in [3.8, 4) is 11.5 Å².